The van der Waals surface area contributed by atoms with Gasteiger partial charge in [0.25, 0.3) is 0 Å². The summed E-state index contributed by atoms with van der Waals surface area (Å²) in [6.07, 6.45) is 0.263. The molecular formula is C11H14O5. The number of aldehydes is 1. The van der Waals surface area contributed by atoms with Gasteiger partial charge in [0.05, 0.1) is 0 Å². The number of rotatable bonds is 4. The zero-order chi connectivity index (χ0) is 12.3. The lowest BCUT2D eigenvalue weighted by atomic mass is 10.3. The smallest absolute Gasteiger partial charge is 0.335 e. The van der Waals surface area contributed by atoms with Crippen molar-refractivity contribution in [1.82, 2.24) is 0 Å². The molecule has 1 rings (SSSR count). The van der Waals surface area contributed by atoms with Crippen molar-refractivity contribution in [3.63, 3.8) is 0 Å². The highest BCUT2D eigenvalue weighted by atomic mass is 16.8. The molecule has 1 aliphatic rings. The van der Waals surface area contributed by atoms with E-state index in [1.807, 2.05) is 0 Å². The van der Waals surface area contributed by atoms with Crippen LogP contribution in [0.3, 0.4) is 0 Å². The van der Waals surface area contributed by atoms with Crippen LogP contribution in [0.4, 0.5) is 0 Å². The predicted molar refractivity (Wildman–Crippen MR) is 55.3 cm³/mol. The third kappa shape index (κ3) is 2.56. The van der Waals surface area contributed by atoms with Crippen molar-refractivity contribution in [3.8, 4) is 0 Å². The average Bonchev–Trinajstić information content (AvgIpc) is 2.56. The zero-order valence-electron chi connectivity index (χ0n) is 9.26. The number of carbonyl (C=O) groups excluding carboxylic acids is 2. The number of hydrogen-bond donors (Lipinski definition) is 0. The third-order valence-electron chi connectivity index (χ3n) is 2.01. The fraction of sp³-hybridized carbons (Fsp3) is 0.455. The van der Waals surface area contributed by atoms with E-state index >= 15 is 0 Å². The molecule has 1 heterocycles. The molecule has 0 aromatic carbocycles. The molecule has 0 aromatic rings. The SMILES string of the molecule is C=CC1OC(C)(C=O)OC1OC(=O)C(=C)C. The second-order valence-corrected chi connectivity index (χ2v) is 3.62. The maximum absolute atomic E-state index is 11.3. The predicted octanol–water partition coefficient (Wildman–Crippen LogP) is 0.948. The second-order valence-electron chi connectivity index (χ2n) is 3.62. The molecular weight excluding hydrogens is 212 g/mol. The molecule has 3 atom stereocenters. The molecule has 0 spiro atoms. The summed E-state index contributed by atoms with van der Waals surface area (Å²) >= 11 is 0. The first-order valence-corrected chi connectivity index (χ1v) is 4.73. The van der Waals surface area contributed by atoms with Crippen molar-refractivity contribution >= 4 is 12.3 Å². The fourth-order valence-corrected chi connectivity index (χ4v) is 1.16. The molecule has 0 aromatic heterocycles. The van der Waals surface area contributed by atoms with Crippen molar-refractivity contribution in [2.45, 2.75) is 32.0 Å². The van der Waals surface area contributed by atoms with E-state index < -0.39 is 24.2 Å². The van der Waals surface area contributed by atoms with Crippen molar-refractivity contribution < 1.29 is 23.8 Å². The van der Waals surface area contributed by atoms with Crippen LogP contribution in [-0.2, 0) is 23.8 Å². The van der Waals surface area contributed by atoms with Gasteiger partial charge in [-0.25, -0.2) is 4.79 Å². The Kier molecular flexibility index (Phi) is 3.62. The minimum atomic E-state index is -1.40. The topological polar surface area (TPSA) is 61.8 Å². The number of ether oxygens (including phenoxy) is 3. The molecule has 16 heavy (non-hydrogen) atoms. The molecule has 5 heteroatoms. The molecule has 0 aliphatic carbocycles. The Morgan fingerprint density at radius 2 is 2.12 bits per heavy atom. The van der Waals surface area contributed by atoms with Gasteiger partial charge in [-0.1, -0.05) is 12.7 Å². The lowest BCUT2D eigenvalue weighted by molar-refractivity contribution is -0.196. The van der Waals surface area contributed by atoms with E-state index in [4.69, 9.17) is 14.2 Å². The van der Waals surface area contributed by atoms with Gasteiger partial charge in [0.2, 0.25) is 12.1 Å². The van der Waals surface area contributed by atoms with E-state index in [0.29, 0.717) is 6.29 Å². The average molecular weight is 226 g/mol. The highest BCUT2D eigenvalue weighted by molar-refractivity contribution is 5.87. The van der Waals surface area contributed by atoms with E-state index in [-0.39, 0.29) is 5.57 Å². The summed E-state index contributed by atoms with van der Waals surface area (Å²) in [6, 6.07) is 0. The molecule has 0 bridgehead atoms. The third-order valence-corrected chi connectivity index (χ3v) is 2.01. The van der Waals surface area contributed by atoms with Gasteiger partial charge in [0.15, 0.2) is 6.29 Å². The first-order valence-electron chi connectivity index (χ1n) is 4.73. The number of carbonyl (C=O) groups is 2. The molecule has 0 N–H and O–H groups in total. The minimum absolute atomic E-state index is 0.242. The molecule has 1 fully saturated rings. The van der Waals surface area contributed by atoms with Gasteiger partial charge in [0, 0.05) is 5.57 Å². The van der Waals surface area contributed by atoms with Crippen molar-refractivity contribution in [1.29, 1.82) is 0 Å². The Morgan fingerprint density at radius 1 is 1.50 bits per heavy atom. The van der Waals surface area contributed by atoms with Gasteiger partial charge >= 0.3 is 5.97 Å². The Labute approximate surface area is 93.7 Å². The first-order chi connectivity index (χ1) is 7.41. The zero-order valence-corrected chi connectivity index (χ0v) is 9.26. The van der Waals surface area contributed by atoms with Gasteiger partial charge in [-0.3, -0.25) is 4.79 Å². The van der Waals surface area contributed by atoms with E-state index in [1.165, 1.54) is 19.9 Å². The van der Waals surface area contributed by atoms with Crippen LogP contribution >= 0.6 is 0 Å². The second kappa shape index (κ2) is 4.59. The van der Waals surface area contributed by atoms with Crippen molar-refractivity contribution in [3.05, 3.63) is 24.8 Å². The van der Waals surface area contributed by atoms with E-state index in [9.17, 15) is 9.59 Å². The van der Waals surface area contributed by atoms with Crippen LogP contribution in [-0.4, -0.2) is 30.4 Å². The highest BCUT2D eigenvalue weighted by Gasteiger charge is 2.45. The maximum Gasteiger partial charge on any atom is 0.335 e. The summed E-state index contributed by atoms with van der Waals surface area (Å²) < 4.78 is 15.4. The summed E-state index contributed by atoms with van der Waals surface area (Å²) in [7, 11) is 0. The highest BCUT2D eigenvalue weighted by Crippen LogP contribution is 2.28. The van der Waals surface area contributed by atoms with E-state index in [2.05, 4.69) is 13.2 Å². The van der Waals surface area contributed by atoms with Gasteiger partial charge in [-0.05, 0) is 13.8 Å². The number of esters is 1. The summed E-state index contributed by atoms with van der Waals surface area (Å²) in [4.78, 5) is 22.0. The van der Waals surface area contributed by atoms with Crippen LogP contribution < -0.4 is 0 Å². The molecule has 0 radical (unpaired) electrons. The lowest BCUT2D eigenvalue weighted by Crippen LogP contribution is -2.29. The standard InChI is InChI=1S/C11H14O5/c1-5-8-10(14-9(13)7(2)3)16-11(4,6-12)15-8/h5-6,8,10H,1-2H2,3-4H3. The quantitative estimate of drug-likeness (QED) is 0.309. The molecule has 1 aliphatic heterocycles. The summed E-state index contributed by atoms with van der Waals surface area (Å²) in [5.74, 6) is -2.01. The molecule has 5 nitrogen and oxygen atoms in total. The Morgan fingerprint density at radius 3 is 2.56 bits per heavy atom. The van der Waals surface area contributed by atoms with Crippen LogP contribution in [0.1, 0.15) is 13.8 Å². The summed E-state index contributed by atoms with van der Waals surface area (Å²) in [6.45, 7) is 9.90. The van der Waals surface area contributed by atoms with Crippen LogP contribution in [0.5, 0.6) is 0 Å². The normalized spacial score (nSPS) is 33.1. The Balaban J connectivity index is 2.73. The summed E-state index contributed by atoms with van der Waals surface area (Å²) in [5.41, 5.74) is 0.242. The monoisotopic (exact) mass is 226 g/mol. The summed E-state index contributed by atoms with van der Waals surface area (Å²) in [5, 5.41) is 0. The lowest BCUT2D eigenvalue weighted by Gasteiger charge is -2.15. The number of hydrogen-bond acceptors (Lipinski definition) is 5. The largest absolute Gasteiger partial charge is 0.429 e. The first kappa shape index (κ1) is 12.6. The molecule has 1 saturated heterocycles. The molecule has 0 amide bonds. The maximum atomic E-state index is 11.3. The van der Waals surface area contributed by atoms with Gasteiger partial charge in [0.1, 0.15) is 6.10 Å². The van der Waals surface area contributed by atoms with Crippen LogP contribution in [0, 0.1) is 0 Å². The van der Waals surface area contributed by atoms with Crippen LogP contribution in [0.2, 0.25) is 0 Å². The molecule has 0 saturated carbocycles. The van der Waals surface area contributed by atoms with Crippen molar-refractivity contribution in [2.24, 2.45) is 0 Å². The van der Waals surface area contributed by atoms with E-state index in [0.717, 1.165) is 0 Å². The fourth-order valence-electron chi connectivity index (χ4n) is 1.16. The van der Waals surface area contributed by atoms with Crippen molar-refractivity contribution in [2.75, 3.05) is 0 Å². The van der Waals surface area contributed by atoms with Gasteiger partial charge < -0.3 is 14.2 Å². The van der Waals surface area contributed by atoms with Crippen LogP contribution in [0.25, 0.3) is 0 Å². The van der Waals surface area contributed by atoms with Gasteiger partial charge in [-0.2, -0.15) is 0 Å². The van der Waals surface area contributed by atoms with Crippen LogP contribution in [0.15, 0.2) is 24.8 Å². The van der Waals surface area contributed by atoms with E-state index in [1.54, 1.807) is 0 Å². The molecule has 3 unspecified atom stereocenters. The molecule has 88 valence electrons. The Bertz CT molecular complexity index is 335. The van der Waals surface area contributed by atoms with Gasteiger partial charge in [-0.15, -0.1) is 6.58 Å². The minimum Gasteiger partial charge on any atom is -0.429 e. The Hall–Kier alpha value is -1.46.